The van der Waals surface area contributed by atoms with Crippen LogP contribution >= 0.6 is 0 Å². The number of carboxylic acid groups (broad SMARTS) is 1. The maximum absolute atomic E-state index is 11.2. The van der Waals surface area contributed by atoms with E-state index in [4.69, 9.17) is 9.66 Å². The lowest BCUT2D eigenvalue weighted by molar-refractivity contribution is 0.0693. The summed E-state index contributed by atoms with van der Waals surface area (Å²) in [6.45, 7) is 0. The third-order valence-electron chi connectivity index (χ3n) is 3.58. The first-order valence-electron chi connectivity index (χ1n) is 7.23. The lowest BCUT2D eigenvalue weighted by Gasteiger charge is -2.02. The molecule has 0 spiro atoms. The van der Waals surface area contributed by atoms with Crippen molar-refractivity contribution in [1.29, 1.82) is 0 Å². The van der Waals surface area contributed by atoms with Gasteiger partial charge >= 0.3 is 5.97 Å². The molecule has 0 fully saturated rings. The first kappa shape index (κ1) is 17.5. The zero-order valence-electron chi connectivity index (χ0n) is 13.1. The van der Waals surface area contributed by atoms with E-state index in [-0.39, 0.29) is 21.9 Å². The van der Waals surface area contributed by atoms with Gasteiger partial charge in [-0.2, -0.15) is 18.6 Å². The number of benzene rings is 3. The van der Waals surface area contributed by atoms with Gasteiger partial charge < -0.3 is 10.2 Å². The Hall–Kier alpha value is -3.30. The van der Waals surface area contributed by atoms with Crippen molar-refractivity contribution in [1.82, 2.24) is 0 Å². The van der Waals surface area contributed by atoms with Crippen LogP contribution in [0.2, 0.25) is 0 Å². The first-order valence-corrected chi connectivity index (χ1v) is 8.67. The molecule has 0 amide bonds. The summed E-state index contributed by atoms with van der Waals surface area (Å²) < 4.78 is 31.6. The molecule has 0 heterocycles. The monoisotopic (exact) mass is 372 g/mol. The van der Waals surface area contributed by atoms with Gasteiger partial charge in [-0.15, -0.1) is 0 Å². The maximum Gasteiger partial charge on any atom is 0.339 e. The van der Waals surface area contributed by atoms with Gasteiger partial charge in [0, 0.05) is 0 Å². The van der Waals surface area contributed by atoms with Crippen LogP contribution in [0.25, 0.3) is 10.8 Å². The van der Waals surface area contributed by atoms with Gasteiger partial charge in [-0.25, -0.2) is 4.79 Å². The number of azo groups is 1. The summed E-state index contributed by atoms with van der Waals surface area (Å²) in [5.41, 5.74) is 0.333. The second-order valence-electron chi connectivity index (χ2n) is 5.37. The van der Waals surface area contributed by atoms with E-state index in [0.717, 1.165) is 5.39 Å². The molecule has 0 aliphatic rings. The van der Waals surface area contributed by atoms with E-state index in [1.54, 1.807) is 24.3 Å². The van der Waals surface area contributed by atoms with E-state index in [2.05, 4.69) is 10.2 Å². The molecule has 26 heavy (non-hydrogen) atoms. The highest BCUT2D eigenvalue weighted by Crippen LogP contribution is 2.27. The van der Waals surface area contributed by atoms with Crippen molar-refractivity contribution in [3.05, 3.63) is 60.2 Å². The van der Waals surface area contributed by atoms with Crippen LogP contribution in [-0.4, -0.2) is 29.2 Å². The highest BCUT2D eigenvalue weighted by atomic mass is 32.2. The predicted molar refractivity (Wildman–Crippen MR) is 93.0 cm³/mol. The van der Waals surface area contributed by atoms with Crippen LogP contribution in [0.5, 0.6) is 5.75 Å². The van der Waals surface area contributed by atoms with Gasteiger partial charge in [0.2, 0.25) is 0 Å². The number of rotatable bonds is 4. The Morgan fingerprint density at radius 2 is 1.46 bits per heavy atom. The van der Waals surface area contributed by atoms with Gasteiger partial charge in [0.15, 0.2) is 0 Å². The second-order valence-corrected chi connectivity index (χ2v) is 6.80. The lowest BCUT2D eigenvalue weighted by Crippen LogP contribution is -1.97. The number of carboxylic acids is 1. The molecule has 3 N–H and O–H groups in total. The van der Waals surface area contributed by atoms with E-state index in [1.807, 2.05) is 0 Å². The zero-order chi connectivity index (χ0) is 18.9. The maximum atomic E-state index is 11.2. The molecule has 0 saturated heterocycles. The van der Waals surface area contributed by atoms with E-state index in [0.29, 0.717) is 11.1 Å². The average molecular weight is 372 g/mol. The largest absolute Gasteiger partial charge is 0.507 e. The molecule has 132 valence electrons. The highest BCUT2D eigenvalue weighted by Gasteiger charge is 2.11. The highest BCUT2D eigenvalue weighted by molar-refractivity contribution is 7.85. The normalized spacial score (nSPS) is 11.9. The van der Waals surface area contributed by atoms with E-state index >= 15 is 0 Å². The van der Waals surface area contributed by atoms with Crippen molar-refractivity contribution in [2.24, 2.45) is 10.2 Å². The summed E-state index contributed by atoms with van der Waals surface area (Å²) in [5, 5.41) is 27.7. The number of hydrogen-bond donors (Lipinski definition) is 3. The Bertz CT molecular complexity index is 1160. The van der Waals surface area contributed by atoms with E-state index < -0.39 is 16.1 Å². The minimum absolute atomic E-state index is 0.229. The number of aromatic hydroxyl groups is 1. The summed E-state index contributed by atoms with van der Waals surface area (Å²) >= 11 is 0. The predicted octanol–water partition coefficient (Wildman–Crippen LogP) is 3.91. The number of hydrogen-bond acceptors (Lipinski definition) is 6. The number of aromatic carboxylic acids is 1. The SMILES string of the molecule is O=C(O)c1cc(N=Nc2ccc3ccc(S(=O)(=O)O)cc3c2)ccc1O. The van der Waals surface area contributed by atoms with Crippen LogP contribution in [0, 0.1) is 0 Å². The van der Waals surface area contributed by atoms with Gasteiger partial charge in [-0.1, -0.05) is 12.1 Å². The summed E-state index contributed by atoms with van der Waals surface area (Å²) in [6, 6.07) is 12.9. The second kappa shape index (κ2) is 6.54. The minimum Gasteiger partial charge on any atom is -0.507 e. The third kappa shape index (κ3) is 3.68. The van der Waals surface area contributed by atoms with Crippen LogP contribution < -0.4 is 0 Å². The molecule has 3 aromatic rings. The number of carbonyl (C=O) groups is 1. The van der Waals surface area contributed by atoms with Crippen LogP contribution in [-0.2, 0) is 10.1 Å². The summed E-state index contributed by atoms with van der Waals surface area (Å²) in [5.74, 6) is -1.66. The average Bonchev–Trinajstić information content (AvgIpc) is 2.59. The van der Waals surface area contributed by atoms with Crippen LogP contribution in [0.4, 0.5) is 11.4 Å². The van der Waals surface area contributed by atoms with Crippen LogP contribution in [0.3, 0.4) is 0 Å². The summed E-state index contributed by atoms with van der Waals surface area (Å²) in [7, 11) is -4.31. The Labute approximate surface area is 147 Å². The Morgan fingerprint density at radius 3 is 2.12 bits per heavy atom. The fourth-order valence-corrected chi connectivity index (χ4v) is 2.82. The molecule has 0 saturated carbocycles. The molecular formula is C17H12N2O6S. The molecular weight excluding hydrogens is 360 g/mol. The van der Waals surface area contributed by atoms with Gasteiger partial charge in [-0.05, 0) is 53.2 Å². The zero-order valence-corrected chi connectivity index (χ0v) is 13.9. The minimum atomic E-state index is -4.31. The van der Waals surface area contributed by atoms with Gasteiger partial charge in [0.05, 0.1) is 16.3 Å². The quantitative estimate of drug-likeness (QED) is 0.469. The lowest BCUT2D eigenvalue weighted by atomic mass is 10.1. The molecule has 9 heteroatoms. The molecule has 3 rings (SSSR count). The molecule has 0 atom stereocenters. The van der Waals surface area contributed by atoms with E-state index in [9.17, 15) is 18.3 Å². The molecule has 0 unspecified atom stereocenters. The Morgan fingerprint density at radius 1 is 0.846 bits per heavy atom. The smallest absolute Gasteiger partial charge is 0.339 e. The summed E-state index contributed by atoms with van der Waals surface area (Å²) in [6.07, 6.45) is 0. The van der Waals surface area contributed by atoms with Crippen molar-refractivity contribution in [3.8, 4) is 5.75 Å². The third-order valence-corrected chi connectivity index (χ3v) is 4.43. The molecule has 0 aliphatic heterocycles. The summed E-state index contributed by atoms with van der Waals surface area (Å²) in [4.78, 5) is 10.8. The fourth-order valence-electron chi connectivity index (χ4n) is 2.31. The molecule has 0 radical (unpaired) electrons. The standard InChI is InChI=1S/C17H12N2O6S/c20-16-6-4-13(9-15(16)17(21)22)19-18-12-3-1-10-2-5-14(26(23,24)25)8-11(10)7-12/h1-9,20H,(H,21,22)(H,23,24,25). The molecule has 0 aromatic heterocycles. The van der Waals surface area contributed by atoms with Crippen LogP contribution in [0.15, 0.2) is 69.7 Å². The van der Waals surface area contributed by atoms with Crippen molar-refractivity contribution in [2.75, 3.05) is 0 Å². The van der Waals surface area contributed by atoms with Crippen molar-refractivity contribution < 1.29 is 28.0 Å². The van der Waals surface area contributed by atoms with Gasteiger partial charge in [0.1, 0.15) is 11.3 Å². The van der Waals surface area contributed by atoms with Gasteiger partial charge in [0.25, 0.3) is 10.1 Å². The molecule has 3 aromatic carbocycles. The Kier molecular flexibility index (Phi) is 4.41. The topological polar surface area (TPSA) is 137 Å². The van der Waals surface area contributed by atoms with E-state index in [1.165, 1.54) is 30.3 Å². The van der Waals surface area contributed by atoms with Crippen molar-refractivity contribution >= 4 is 38.2 Å². The molecule has 0 bridgehead atoms. The fraction of sp³-hybridized carbons (Fsp3) is 0. The molecule has 0 aliphatic carbocycles. The van der Waals surface area contributed by atoms with Gasteiger partial charge in [-0.3, -0.25) is 4.55 Å². The van der Waals surface area contributed by atoms with Crippen LogP contribution in [0.1, 0.15) is 10.4 Å². The number of phenols is 1. The number of fused-ring (bicyclic) bond motifs is 1. The Balaban J connectivity index is 1.97. The van der Waals surface area contributed by atoms with Crippen molar-refractivity contribution in [3.63, 3.8) is 0 Å². The number of nitrogens with zero attached hydrogens (tertiary/aromatic N) is 2. The first-order chi connectivity index (χ1) is 12.2. The molecule has 8 nitrogen and oxygen atoms in total. The van der Waals surface area contributed by atoms with Crippen molar-refractivity contribution in [2.45, 2.75) is 4.90 Å².